The smallest absolute Gasteiger partial charge is 0.252 e. The first kappa shape index (κ1) is 61.9. The molecule has 2 aliphatic heterocycles. The van der Waals surface area contributed by atoms with Gasteiger partial charge in [-0.05, 0) is 177 Å². The fraction of sp³-hybridized carbons (Fsp3) is 0.133. The van der Waals surface area contributed by atoms with Crippen LogP contribution in [-0.4, -0.2) is 22.9 Å². The van der Waals surface area contributed by atoms with E-state index in [-0.39, 0.29) is 12.6 Å². The molecule has 0 saturated heterocycles. The molecule has 0 spiro atoms. The molecule has 2 heterocycles. The molecular weight excluding hydrogens is 1190 g/mol. The maximum absolute atomic E-state index is 3.06. The zero-order valence-electron chi connectivity index (χ0n) is 56.4. The van der Waals surface area contributed by atoms with Gasteiger partial charge < -0.3 is 14.7 Å². The van der Waals surface area contributed by atoms with Crippen LogP contribution in [0.2, 0.25) is 0 Å². The van der Waals surface area contributed by atoms with E-state index in [1.54, 1.807) is 0 Å². The summed E-state index contributed by atoms with van der Waals surface area (Å²) in [7, 11) is -6.09. The summed E-state index contributed by atoms with van der Waals surface area (Å²) in [6, 6.07) is 127. The van der Waals surface area contributed by atoms with E-state index in [0.717, 1.165) is 39.8 Å². The average Bonchev–Trinajstić information content (AvgIpc) is 0.691. The average molecular weight is 1270 g/mol. The topological polar surface area (TPSA) is 9.72 Å². The molecule has 0 atom stereocenters. The molecule has 0 fully saturated rings. The largest absolute Gasteiger partial charge is 0.311 e. The second kappa shape index (κ2) is 25.8. The van der Waals surface area contributed by atoms with Crippen molar-refractivity contribution in [1.29, 1.82) is 0 Å². The third-order valence-corrected chi connectivity index (χ3v) is 30.2. The Labute approximate surface area is 571 Å². The Morgan fingerprint density at radius 3 is 0.958 bits per heavy atom. The van der Waals surface area contributed by atoms with Crippen LogP contribution < -0.4 is 72.6 Å². The second-order valence-corrected chi connectivity index (χ2v) is 35.2. The van der Waals surface area contributed by atoms with Crippen molar-refractivity contribution in [1.82, 2.24) is 0 Å². The van der Waals surface area contributed by atoms with E-state index >= 15 is 0 Å². The van der Waals surface area contributed by atoms with E-state index in [0.29, 0.717) is 17.8 Å². The lowest BCUT2D eigenvalue weighted by Crippen LogP contribution is -2.75. The van der Waals surface area contributed by atoms with Gasteiger partial charge in [-0.1, -0.05) is 310 Å². The number of anilines is 9. The van der Waals surface area contributed by atoms with Crippen molar-refractivity contribution in [3.05, 3.63) is 350 Å². The van der Waals surface area contributed by atoms with Crippen LogP contribution in [0.3, 0.4) is 0 Å². The fourth-order valence-electron chi connectivity index (χ4n) is 15.8. The molecule has 0 saturated carbocycles. The Morgan fingerprint density at radius 2 is 0.573 bits per heavy atom. The Balaban J connectivity index is 1.08. The van der Waals surface area contributed by atoms with Crippen LogP contribution in [0.25, 0.3) is 0 Å². The van der Waals surface area contributed by atoms with Crippen LogP contribution in [0.4, 0.5) is 51.2 Å². The van der Waals surface area contributed by atoms with Gasteiger partial charge in [0.2, 0.25) is 0 Å². The molecule has 468 valence electrons. The Hall–Kier alpha value is -10.2. The van der Waals surface area contributed by atoms with Crippen LogP contribution in [0.5, 0.6) is 0 Å². The van der Waals surface area contributed by atoms with Gasteiger partial charge >= 0.3 is 0 Å². The first-order chi connectivity index (χ1) is 46.9. The summed E-state index contributed by atoms with van der Waals surface area (Å²) in [5.41, 5.74) is 19.3. The van der Waals surface area contributed by atoms with E-state index in [2.05, 4.69) is 398 Å². The molecule has 2 aliphatic rings. The van der Waals surface area contributed by atoms with E-state index in [1.165, 1.54) is 91.5 Å². The number of hydrogen-bond acceptors (Lipinski definition) is 3. The summed E-state index contributed by atoms with van der Waals surface area (Å²) >= 11 is 0. The lowest BCUT2D eigenvalue weighted by atomic mass is 9.33. The molecule has 0 bridgehead atoms. The zero-order valence-corrected chi connectivity index (χ0v) is 58.4. The minimum absolute atomic E-state index is 0.178. The maximum Gasteiger partial charge on any atom is 0.252 e. The van der Waals surface area contributed by atoms with E-state index in [4.69, 9.17) is 0 Å². The molecule has 6 heteroatoms. The fourth-order valence-corrected chi connectivity index (χ4v) is 25.3. The van der Waals surface area contributed by atoms with Crippen molar-refractivity contribution in [3.63, 3.8) is 0 Å². The highest BCUT2D eigenvalue weighted by Gasteiger charge is 2.48. The van der Waals surface area contributed by atoms with Crippen LogP contribution >= 0.6 is 0 Å². The monoisotopic (exact) mass is 1270 g/mol. The van der Waals surface area contributed by atoms with Crippen molar-refractivity contribution in [2.45, 2.75) is 79.1 Å². The van der Waals surface area contributed by atoms with E-state index < -0.39 is 16.1 Å². The van der Waals surface area contributed by atoms with E-state index in [9.17, 15) is 0 Å². The number of fused-ring (bicyclic) bond motifs is 4. The molecule has 96 heavy (non-hydrogen) atoms. The minimum atomic E-state index is -3.06. The predicted molar refractivity (Wildman–Crippen MR) is 419 cm³/mol. The molecule has 13 aromatic rings. The number of rotatable bonds is 17. The lowest BCUT2D eigenvalue weighted by Gasteiger charge is -2.46. The molecule has 0 amide bonds. The van der Waals surface area contributed by atoms with Gasteiger partial charge in [0.25, 0.3) is 6.71 Å². The van der Waals surface area contributed by atoms with Crippen LogP contribution in [-0.2, 0) is 0 Å². The lowest BCUT2D eigenvalue weighted by molar-refractivity contribution is 0.866. The van der Waals surface area contributed by atoms with Gasteiger partial charge in [0.05, 0.1) is 5.69 Å². The molecule has 0 unspecified atom stereocenters. The number of hydrogen-bond donors (Lipinski definition) is 0. The first-order valence-electron chi connectivity index (χ1n) is 34.5. The summed E-state index contributed by atoms with van der Waals surface area (Å²) in [6.07, 6.45) is 0. The third kappa shape index (κ3) is 10.7. The molecular formula is C90H82BN3Si2. The third-order valence-electron chi connectivity index (χ3n) is 20.7. The molecule has 0 N–H and O–H groups in total. The highest BCUT2D eigenvalue weighted by atomic mass is 28.3. The van der Waals surface area contributed by atoms with Gasteiger partial charge in [-0.15, -0.1) is 0 Å². The quantitative estimate of drug-likeness (QED) is 0.0664. The number of benzene rings is 13. The van der Waals surface area contributed by atoms with Gasteiger partial charge in [0, 0.05) is 45.5 Å². The van der Waals surface area contributed by atoms with Crippen molar-refractivity contribution < 1.29 is 0 Å². The minimum Gasteiger partial charge on any atom is -0.311 e. The summed E-state index contributed by atoms with van der Waals surface area (Å²) in [5.74, 6) is 1.41. The number of nitrogens with zero attached hydrogens (tertiary/aromatic N) is 3. The maximum atomic E-state index is 2.68. The molecule has 13 aromatic carbocycles. The SMILES string of the molecule is CC(C)c1ccc(N(c2ccc(C(C)C)cc2)c2cc3c4c(c2)N(c2ccc(C(C)C)cc2)c2ccc([Si](c5ccccc5)(c5ccccc5)c5ccccc5)cc2B4c2cc(C(C)C)ccc2N3c2cccc([Si](c3ccccc3)(c3ccccc3)c3ccccc3)c2)cc1. The van der Waals surface area contributed by atoms with Crippen molar-refractivity contribution in [2.24, 2.45) is 0 Å². The van der Waals surface area contributed by atoms with Gasteiger partial charge in [-0.3, -0.25) is 0 Å². The van der Waals surface area contributed by atoms with Gasteiger partial charge in [-0.2, -0.15) is 0 Å². The second-order valence-electron chi connectivity index (χ2n) is 27.6. The first-order valence-corrected chi connectivity index (χ1v) is 38.5. The van der Waals surface area contributed by atoms with Gasteiger partial charge in [-0.25, -0.2) is 0 Å². The normalized spacial score (nSPS) is 12.7. The van der Waals surface area contributed by atoms with Crippen molar-refractivity contribution >= 4 is 132 Å². The highest BCUT2D eigenvalue weighted by molar-refractivity contribution is 7.20. The van der Waals surface area contributed by atoms with Crippen LogP contribution in [0.15, 0.2) is 328 Å². The Kier molecular flexibility index (Phi) is 16.6. The Morgan fingerprint density at radius 1 is 0.250 bits per heavy atom. The Bertz CT molecular complexity index is 4630. The molecule has 15 rings (SSSR count). The summed E-state index contributed by atoms with van der Waals surface area (Å²) in [4.78, 5) is 7.81. The van der Waals surface area contributed by atoms with Crippen molar-refractivity contribution in [3.8, 4) is 0 Å². The molecule has 3 nitrogen and oxygen atoms in total. The van der Waals surface area contributed by atoms with E-state index in [1.807, 2.05) is 0 Å². The van der Waals surface area contributed by atoms with Gasteiger partial charge in [0.1, 0.15) is 0 Å². The summed E-state index contributed by atoms with van der Waals surface area (Å²) < 4.78 is 0. The van der Waals surface area contributed by atoms with Crippen LogP contribution in [0.1, 0.15) is 101 Å². The molecule has 0 aliphatic carbocycles. The van der Waals surface area contributed by atoms with Crippen molar-refractivity contribution in [2.75, 3.05) is 14.7 Å². The molecule has 0 aromatic heterocycles. The predicted octanol–water partition coefficient (Wildman–Crippen LogP) is 16.5. The standard InChI is InChI=1S/C90H82BN3Si2/c1-63(2)67-42-49-71(50-43-67)92(72-51-44-68(45-52-72)64(3)4)75-60-88-90-89(61-75)94(74-28-27-41-82(59-74)95(76-29-15-9-16-30-76,77-31-17-10-18-32-77)78-33-19-11-20-34-78)86-56-48-70(66(7)8)58-84(86)91(90)85-62-83(55-57-87(85)93(88)73-53-46-69(47-54-73)65(5)6)96(79-35-21-12-22-36-79,80-37-23-13-24-38-80)81-39-25-14-26-40-81/h9-66H,1-8H3. The highest BCUT2D eigenvalue weighted by Crippen LogP contribution is 2.49. The molecule has 0 radical (unpaired) electrons. The summed E-state index contributed by atoms with van der Waals surface area (Å²) in [5, 5.41) is 10.8. The summed E-state index contributed by atoms with van der Waals surface area (Å²) in [6.45, 7) is 18.3. The van der Waals surface area contributed by atoms with Gasteiger partial charge in [0.15, 0.2) is 16.1 Å². The zero-order chi connectivity index (χ0) is 65.7. The van der Waals surface area contributed by atoms with Crippen LogP contribution in [0, 0.1) is 0 Å².